The van der Waals surface area contributed by atoms with Crippen LogP contribution in [0.1, 0.15) is 0 Å². The Hall–Kier alpha value is -3.02. The summed E-state index contributed by atoms with van der Waals surface area (Å²) in [5.74, 6) is 0.786. The fourth-order valence-corrected chi connectivity index (χ4v) is 2.04. The first-order valence-corrected chi connectivity index (χ1v) is 6.97. The molecule has 1 heterocycles. The van der Waals surface area contributed by atoms with Gasteiger partial charge in [0.2, 0.25) is 0 Å². The highest BCUT2D eigenvalue weighted by atomic mass is 16.5. The molecular formula is C16H16N4O2. The molecule has 22 heavy (non-hydrogen) atoms. The summed E-state index contributed by atoms with van der Waals surface area (Å²) in [6, 6.07) is 14.8. The number of fused-ring (bicyclic) bond motifs is 1. The van der Waals surface area contributed by atoms with Crippen molar-refractivity contribution in [2.45, 2.75) is 0 Å². The monoisotopic (exact) mass is 296 g/mol. The van der Waals surface area contributed by atoms with Crippen molar-refractivity contribution in [1.29, 1.82) is 0 Å². The van der Waals surface area contributed by atoms with E-state index in [1.165, 1.54) is 0 Å². The van der Waals surface area contributed by atoms with Crippen LogP contribution in [0.5, 0.6) is 5.75 Å². The number of urea groups is 1. The molecule has 0 aliphatic heterocycles. The molecule has 3 aromatic rings. The van der Waals surface area contributed by atoms with Gasteiger partial charge in [-0.2, -0.15) is 5.10 Å². The number of carbonyl (C=O) groups excluding carboxylic acids is 1. The molecule has 0 bridgehead atoms. The van der Waals surface area contributed by atoms with E-state index in [9.17, 15) is 4.79 Å². The number of aromatic nitrogens is 2. The van der Waals surface area contributed by atoms with E-state index in [1.807, 2.05) is 48.5 Å². The highest BCUT2D eigenvalue weighted by molar-refractivity contribution is 5.92. The van der Waals surface area contributed by atoms with Crippen molar-refractivity contribution in [3.63, 3.8) is 0 Å². The third-order valence-corrected chi connectivity index (χ3v) is 3.10. The first-order valence-electron chi connectivity index (χ1n) is 6.97. The van der Waals surface area contributed by atoms with Crippen LogP contribution in [-0.4, -0.2) is 29.4 Å². The number of nitrogens with one attached hydrogen (secondary N) is 3. The lowest BCUT2D eigenvalue weighted by Crippen LogP contribution is -2.32. The van der Waals surface area contributed by atoms with Crippen molar-refractivity contribution in [2.24, 2.45) is 0 Å². The summed E-state index contributed by atoms with van der Waals surface area (Å²) in [5, 5.41) is 13.3. The van der Waals surface area contributed by atoms with Crippen LogP contribution in [0, 0.1) is 0 Å². The van der Waals surface area contributed by atoms with Gasteiger partial charge in [0.15, 0.2) is 0 Å². The standard InChI is InChI=1S/C16H16N4O2/c21-16(17-8-9-22-14-4-2-1-3-5-14)19-13-7-6-12-11-18-20-15(12)10-13/h1-7,10-11H,8-9H2,(H,18,20)(H2,17,19,21). The minimum atomic E-state index is -0.268. The Morgan fingerprint density at radius 3 is 2.91 bits per heavy atom. The van der Waals surface area contributed by atoms with Crippen LogP contribution in [0.15, 0.2) is 54.7 Å². The Morgan fingerprint density at radius 1 is 1.18 bits per heavy atom. The second-order valence-corrected chi connectivity index (χ2v) is 4.71. The quantitative estimate of drug-likeness (QED) is 0.633. The van der Waals surface area contributed by atoms with Gasteiger partial charge in [-0.15, -0.1) is 0 Å². The van der Waals surface area contributed by atoms with Crippen LogP contribution in [0.4, 0.5) is 10.5 Å². The Labute approximate surface area is 127 Å². The fourth-order valence-electron chi connectivity index (χ4n) is 2.04. The molecule has 112 valence electrons. The molecule has 0 saturated carbocycles. The molecule has 0 spiro atoms. The summed E-state index contributed by atoms with van der Waals surface area (Å²) in [7, 11) is 0. The molecule has 6 heteroatoms. The first-order chi connectivity index (χ1) is 10.8. The van der Waals surface area contributed by atoms with Crippen LogP contribution in [0.2, 0.25) is 0 Å². The van der Waals surface area contributed by atoms with E-state index in [1.54, 1.807) is 6.20 Å². The summed E-state index contributed by atoms with van der Waals surface area (Å²) in [5.41, 5.74) is 1.59. The minimum Gasteiger partial charge on any atom is -0.492 e. The molecule has 2 amide bonds. The Morgan fingerprint density at radius 2 is 2.05 bits per heavy atom. The highest BCUT2D eigenvalue weighted by Crippen LogP contribution is 2.16. The number of H-pyrrole nitrogens is 1. The lowest BCUT2D eigenvalue weighted by Gasteiger charge is -2.09. The predicted octanol–water partition coefficient (Wildman–Crippen LogP) is 2.76. The highest BCUT2D eigenvalue weighted by Gasteiger charge is 2.03. The van der Waals surface area contributed by atoms with Crippen molar-refractivity contribution in [3.05, 3.63) is 54.7 Å². The van der Waals surface area contributed by atoms with Gasteiger partial charge in [-0.1, -0.05) is 18.2 Å². The van der Waals surface area contributed by atoms with E-state index in [4.69, 9.17) is 4.74 Å². The van der Waals surface area contributed by atoms with Gasteiger partial charge in [0.05, 0.1) is 18.3 Å². The zero-order chi connectivity index (χ0) is 15.2. The topological polar surface area (TPSA) is 79.0 Å². The molecule has 0 fully saturated rings. The van der Waals surface area contributed by atoms with Crippen LogP contribution in [-0.2, 0) is 0 Å². The number of hydrogen-bond donors (Lipinski definition) is 3. The van der Waals surface area contributed by atoms with Crippen LogP contribution < -0.4 is 15.4 Å². The molecule has 0 radical (unpaired) electrons. The molecule has 0 aliphatic carbocycles. The summed E-state index contributed by atoms with van der Waals surface area (Å²) in [4.78, 5) is 11.8. The van der Waals surface area contributed by atoms with Crippen LogP contribution in [0.3, 0.4) is 0 Å². The molecule has 0 aliphatic rings. The molecule has 0 atom stereocenters. The number of rotatable bonds is 5. The average molecular weight is 296 g/mol. The largest absolute Gasteiger partial charge is 0.492 e. The van der Waals surface area contributed by atoms with Crippen molar-refractivity contribution < 1.29 is 9.53 Å². The Bertz CT molecular complexity index is 755. The first kappa shape index (κ1) is 13.9. The van der Waals surface area contributed by atoms with E-state index in [0.717, 1.165) is 16.7 Å². The fraction of sp³-hybridized carbons (Fsp3) is 0.125. The summed E-state index contributed by atoms with van der Waals surface area (Å²) in [6.45, 7) is 0.837. The normalized spacial score (nSPS) is 10.4. The maximum Gasteiger partial charge on any atom is 0.319 e. The van der Waals surface area contributed by atoms with Crippen molar-refractivity contribution in [1.82, 2.24) is 15.5 Å². The molecule has 0 saturated heterocycles. The van der Waals surface area contributed by atoms with Gasteiger partial charge in [0.1, 0.15) is 12.4 Å². The molecule has 3 rings (SSSR count). The number of aromatic amines is 1. The number of amides is 2. The summed E-state index contributed by atoms with van der Waals surface area (Å²) < 4.78 is 5.50. The smallest absolute Gasteiger partial charge is 0.319 e. The van der Waals surface area contributed by atoms with Crippen molar-refractivity contribution in [2.75, 3.05) is 18.5 Å². The van der Waals surface area contributed by atoms with Gasteiger partial charge in [0, 0.05) is 11.1 Å². The number of benzene rings is 2. The van der Waals surface area contributed by atoms with Crippen LogP contribution >= 0.6 is 0 Å². The van der Waals surface area contributed by atoms with Gasteiger partial charge < -0.3 is 15.4 Å². The van der Waals surface area contributed by atoms with Crippen LogP contribution in [0.25, 0.3) is 10.9 Å². The molecule has 3 N–H and O–H groups in total. The number of carbonyl (C=O) groups is 1. The van der Waals surface area contributed by atoms with Gasteiger partial charge in [-0.3, -0.25) is 5.10 Å². The Balaban J connectivity index is 1.44. The number of ether oxygens (including phenoxy) is 1. The van der Waals surface area contributed by atoms with Crippen molar-refractivity contribution >= 4 is 22.6 Å². The molecule has 6 nitrogen and oxygen atoms in total. The zero-order valence-electron chi connectivity index (χ0n) is 11.9. The maximum absolute atomic E-state index is 11.8. The molecular weight excluding hydrogens is 280 g/mol. The van der Waals surface area contributed by atoms with Gasteiger partial charge >= 0.3 is 6.03 Å². The van der Waals surface area contributed by atoms with Gasteiger partial charge in [-0.25, -0.2) is 4.79 Å². The average Bonchev–Trinajstić information content (AvgIpc) is 3.00. The van der Waals surface area contributed by atoms with Gasteiger partial charge in [-0.05, 0) is 30.3 Å². The predicted molar refractivity (Wildman–Crippen MR) is 85.1 cm³/mol. The molecule has 0 unspecified atom stereocenters. The lowest BCUT2D eigenvalue weighted by atomic mass is 10.2. The second-order valence-electron chi connectivity index (χ2n) is 4.71. The van der Waals surface area contributed by atoms with E-state index in [-0.39, 0.29) is 6.03 Å². The third-order valence-electron chi connectivity index (χ3n) is 3.10. The maximum atomic E-state index is 11.8. The van der Waals surface area contributed by atoms with Gasteiger partial charge in [0.25, 0.3) is 0 Å². The molecule has 1 aromatic heterocycles. The number of para-hydroxylation sites is 1. The molecule has 2 aromatic carbocycles. The second kappa shape index (κ2) is 6.62. The Kier molecular flexibility index (Phi) is 4.20. The SMILES string of the molecule is O=C(NCCOc1ccccc1)Nc1ccc2cn[nH]c2c1. The van der Waals surface area contributed by atoms with E-state index in [2.05, 4.69) is 20.8 Å². The summed E-state index contributed by atoms with van der Waals surface area (Å²) >= 11 is 0. The summed E-state index contributed by atoms with van der Waals surface area (Å²) in [6.07, 6.45) is 1.74. The van der Waals surface area contributed by atoms with E-state index >= 15 is 0 Å². The van der Waals surface area contributed by atoms with Crippen molar-refractivity contribution in [3.8, 4) is 5.75 Å². The zero-order valence-corrected chi connectivity index (χ0v) is 11.9. The van der Waals surface area contributed by atoms with E-state index < -0.39 is 0 Å². The lowest BCUT2D eigenvalue weighted by molar-refractivity contribution is 0.247. The number of anilines is 1. The number of hydrogen-bond acceptors (Lipinski definition) is 3. The van der Waals surface area contributed by atoms with E-state index in [0.29, 0.717) is 18.8 Å². The third kappa shape index (κ3) is 3.54. The minimum absolute atomic E-state index is 0.268. The number of nitrogens with zero attached hydrogens (tertiary/aromatic N) is 1.